The maximum absolute atomic E-state index is 13.6. The third kappa shape index (κ3) is 5.23. The van der Waals surface area contributed by atoms with E-state index in [0.717, 1.165) is 42.4 Å². The lowest BCUT2D eigenvalue weighted by Gasteiger charge is -2.35. The van der Waals surface area contributed by atoms with Crippen LogP contribution in [-0.4, -0.2) is 45.9 Å². The van der Waals surface area contributed by atoms with E-state index in [0.29, 0.717) is 18.4 Å². The molecule has 0 bridgehead atoms. The SMILES string of the molecule is CC1CCc2ncnc(C3CCN(C(=O)C(CNC(C)(C)C)c4ccc(Br)cc4)CC3)c21. The first-order chi connectivity index (χ1) is 15.2. The summed E-state index contributed by atoms with van der Waals surface area (Å²) in [5.41, 5.74) is 4.90. The van der Waals surface area contributed by atoms with Crippen LogP contribution < -0.4 is 5.32 Å². The van der Waals surface area contributed by atoms with Gasteiger partial charge in [-0.1, -0.05) is 35.0 Å². The lowest BCUT2D eigenvalue weighted by Crippen LogP contribution is -2.46. The van der Waals surface area contributed by atoms with Crippen molar-refractivity contribution < 1.29 is 4.79 Å². The number of benzene rings is 1. The summed E-state index contributed by atoms with van der Waals surface area (Å²) in [6, 6.07) is 8.18. The van der Waals surface area contributed by atoms with Gasteiger partial charge in [0.15, 0.2) is 0 Å². The number of likely N-dealkylation sites (tertiary alicyclic amines) is 1. The summed E-state index contributed by atoms with van der Waals surface area (Å²) in [5.74, 6) is 1.02. The van der Waals surface area contributed by atoms with Crippen molar-refractivity contribution in [3.63, 3.8) is 0 Å². The molecule has 1 aliphatic heterocycles. The molecule has 2 heterocycles. The van der Waals surface area contributed by atoms with Crippen molar-refractivity contribution in [3.05, 3.63) is 57.6 Å². The number of piperidine rings is 1. The van der Waals surface area contributed by atoms with Gasteiger partial charge in [0, 0.05) is 41.3 Å². The van der Waals surface area contributed by atoms with Gasteiger partial charge < -0.3 is 10.2 Å². The standard InChI is InChI=1S/C26H35BrN4O/c1-17-5-10-22-23(17)24(29-16-28-22)19-11-13-31(14-12-19)25(32)21(15-30-26(2,3)4)18-6-8-20(27)9-7-18/h6-9,16-17,19,21,30H,5,10-15H2,1-4H3. The minimum absolute atomic E-state index is 0.0367. The number of rotatable bonds is 5. The van der Waals surface area contributed by atoms with Crippen LogP contribution in [-0.2, 0) is 11.2 Å². The van der Waals surface area contributed by atoms with Crippen LogP contribution in [0.3, 0.4) is 0 Å². The van der Waals surface area contributed by atoms with Crippen LogP contribution in [0.15, 0.2) is 35.1 Å². The number of halogens is 1. The predicted molar refractivity (Wildman–Crippen MR) is 132 cm³/mol. The second-order valence-corrected chi connectivity index (χ2v) is 11.3. The maximum Gasteiger partial charge on any atom is 0.231 e. The van der Waals surface area contributed by atoms with Gasteiger partial charge in [0.2, 0.25) is 5.91 Å². The molecular formula is C26H35BrN4O. The summed E-state index contributed by atoms with van der Waals surface area (Å²) in [6.07, 6.45) is 5.93. The number of carbonyl (C=O) groups is 1. The molecule has 1 fully saturated rings. The second kappa shape index (κ2) is 9.60. The number of aromatic nitrogens is 2. The molecule has 2 aliphatic rings. The van der Waals surface area contributed by atoms with E-state index in [1.807, 2.05) is 12.1 Å². The molecule has 1 aromatic heterocycles. The third-order valence-corrected chi connectivity index (χ3v) is 7.43. The van der Waals surface area contributed by atoms with Gasteiger partial charge in [0.1, 0.15) is 6.33 Å². The highest BCUT2D eigenvalue weighted by molar-refractivity contribution is 9.10. The molecule has 6 heteroatoms. The summed E-state index contributed by atoms with van der Waals surface area (Å²) in [5, 5.41) is 3.55. The normalized spacial score (nSPS) is 20.3. The number of carbonyl (C=O) groups excluding carboxylic acids is 1. The zero-order valence-corrected chi connectivity index (χ0v) is 21.3. The molecule has 1 N–H and O–H groups in total. The average molecular weight is 499 g/mol. The fourth-order valence-electron chi connectivity index (χ4n) is 5.05. The number of hydrogen-bond acceptors (Lipinski definition) is 4. The van der Waals surface area contributed by atoms with Crippen molar-refractivity contribution in [2.24, 2.45) is 0 Å². The summed E-state index contributed by atoms with van der Waals surface area (Å²) in [6.45, 7) is 10.9. The number of amides is 1. The molecule has 1 amide bonds. The lowest BCUT2D eigenvalue weighted by atomic mass is 9.87. The molecule has 172 valence electrons. The smallest absolute Gasteiger partial charge is 0.231 e. The van der Waals surface area contributed by atoms with Gasteiger partial charge in [-0.2, -0.15) is 0 Å². The van der Waals surface area contributed by atoms with E-state index in [9.17, 15) is 4.79 Å². The number of nitrogens with zero attached hydrogens (tertiary/aromatic N) is 3. The van der Waals surface area contributed by atoms with E-state index in [1.165, 1.54) is 23.4 Å². The Morgan fingerprint density at radius 3 is 2.50 bits per heavy atom. The van der Waals surface area contributed by atoms with Crippen LogP contribution in [0.1, 0.15) is 87.2 Å². The third-order valence-electron chi connectivity index (χ3n) is 6.90. The van der Waals surface area contributed by atoms with E-state index in [2.05, 4.69) is 71.0 Å². The van der Waals surface area contributed by atoms with E-state index >= 15 is 0 Å². The topological polar surface area (TPSA) is 58.1 Å². The van der Waals surface area contributed by atoms with Gasteiger partial charge in [0.25, 0.3) is 0 Å². The van der Waals surface area contributed by atoms with Crippen LogP contribution in [0.4, 0.5) is 0 Å². The molecule has 4 rings (SSSR count). The molecule has 0 radical (unpaired) electrons. The van der Waals surface area contributed by atoms with Crippen LogP contribution in [0.5, 0.6) is 0 Å². The van der Waals surface area contributed by atoms with E-state index < -0.39 is 0 Å². The highest BCUT2D eigenvalue weighted by atomic mass is 79.9. The Labute approximate surface area is 200 Å². The fourth-order valence-corrected chi connectivity index (χ4v) is 5.32. The molecule has 32 heavy (non-hydrogen) atoms. The first kappa shape index (κ1) is 23.4. The molecular weight excluding hydrogens is 464 g/mol. The van der Waals surface area contributed by atoms with Crippen LogP contribution >= 0.6 is 15.9 Å². The van der Waals surface area contributed by atoms with Gasteiger partial charge in [-0.15, -0.1) is 0 Å². The van der Waals surface area contributed by atoms with Crippen molar-refractivity contribution in [1.29, 1.82) is 0 Å². The average Bonchev–Trinajstić information content (AvgIpc) is 3.15. The molecule has 0 saturated carbocycles. The Morgan fingerprint density at radius 2 is 1.84 bits per heavy atom. The molecule has 1 aromatic carbocycles. The Balaban J connectivity index is 1.47. The monoisotopic (exact) mass is 498 g/mol. The summed E-state index contributed by atoms with van der Waals surface area (Å²) >= 11 is 3.51. The highest BCUT2D eigenvalue weighted by Gasteiger charge is 2.33. The quantitative estimate of drug-likeness (QED) is 0.617. The first-order valence-electron chi connectivity index (χ1n) is 11.9. The van der Waals surface area contributed by atoms with Crippen LogP contribution in [0.2, 0.25) is 0 Å². The second-order valence-electron chi connectivity index (χ2n) is 10.4. The van der Waals surface area contributed by atoms with Gasteiger partial charge >= 0.3 is 0 Å². The van der Waals surface area contributed by atoms with Crippen molar-refractivity contribution in [2.45, 2.75) is 76.7 Å². The predicted octanol–water partition coefficient (Wildman–Crippen LogP) is 5.17. The lowest BCUT2D eigenvalue weighted by molar-refractivity contribution is -0.133. The van der Waals surface area contributed by atoms with E-state index in [4.69, 9.17) is 4.98 Å². The zero-order chi connectivity index (χ0) is 22.9. The Kier molecular flexibility index (Phi) is 7.01. The van der Waals surface area contributed by atoms with Gasteiger partial charge in [-0.25, -0.2) is 9.97 Å². The highest BCUT2D eigenvalue weighted by Crippen LogP contribution is 2.39. The Morgan fingerprint density at radius 1 is 1.16 bits per heavy atom. The molecule has 2 atom stereocenters. The summed E-state index contributed by atoms with van der Waals surface area (Å²) in [7, 11) is 0. The Hall–Kier alpha value is -1.79. The van der Waals surface area contributed by atoms with Crippen molar-refractivity contribution >= 4 is 21.8 Å². The minimum atomic E-state index is -0.179. The zero-order valence-electron chi connectivity index (χ0n) is 19.7. The largest absolute Gasteiger partial charge is 0.342 e. The van der Waals surface area contributed by atoms with Gasteiger partial charge in [0.05, 0.1) is 11.6 Å². The first-order valence-corrected chi connectivity index (χ1v) is 12.6. The van der Waals surface area contributed by atoms with E-state index in [-0.39, 0.29) is 17.4 Å². The fraction of sp³-hybridized carbons (Fsp3) is 0.577. The van der Waals surface area contributed by atoms with Gasteiger partial charge in [-0.3, -0.25) is 4.79 Å². The minimum Gasteiger partial charge on any atom is -0.342 e. The number of hydrogen-bond donors (Lipinski definition) is 1. The molecule has 1 aliphatic carbocycles. The van der Waals surface area contributed by atoms with Crippen molar-refractivity contribution in [3.8, 4) is 0 Å². The van der Waals surface area contributed by atoms with Crippen LogP contribution in [0.25, 0.3) is 0 Å². The molecule has 2 unspecified atom stereocenters. The molecule has 5 nitrogen and oxygen atoms in total. The number of nitrogens with one attached hydrogen (secondary N) is 1. The maximum atomic E-state index is 13.6. The summed E-state index contributed by atoms with van der Waals surface area (Å²) in [4.78, 5) is 24.9. The molecule has 2 aromatic rings. The number of fused-ring (bicyclic) bond motifs is 1. The van der Waals surface area contributed by atoms with Crippen LogP contribution in [0, 0.1) is 0 Å². The van der Waals surface area contributed by atoms with Gasteiger partial charge in [-0.05, 0) is 75.6 Å². The number of aryl methyl sites for hydroxylation is 1. The van der Waals surface area contributed by atoms with Crippen molar-refractivity contribution in [2.75, 3.05) is 19.6 Å². The van der Waals surface area contributed by atoms with Crippen molar-refractivity contribution in [1.82, 2.24) is 20.2 Å². The summed E-state index contributed by atoms with van der Waals surface area (Å²) < 4.78 is 1.03. The van der Waals surface area contributed by atoms with E-state index in [1.54, 1.807) is 6.33 Å². The Bertz CT molecular complexity index is 945. The molecule has 1 saturated heterocycles. The molecule has 0 spiro atoms.